The second kappa shape index (κ2) is 9.59. The van der Waals surface area contributed by atoms with E-state index in [4.69, 9.17) is 16.6 Å². The van der Waals surface area contributed by atoms with Crippen molar-refractivity contribution in [3.8, 4) is 0 Å². The number of benzene rings is 1. The van der Waals surface area contributed by atoms with Crippen LogP contribution in [0.2, 0.25) is 5.02 Å². The maximum absolute atomic E-state index is 13.4. The van der Waals surface area contributed by atoms with Crippen LogP contribution in [0.1, 0.15) is 36.3 Å². The zero-order chi connectivity index (χ0) is 22.9. The fourth-order valence-electron chi connectivity index (χ4n) is 4.20. The summed E-state index contributed by atoms with van der Waals surface area (Å²) in [5.74, 6) is -1.00. The quantitative estimate of drug-likeness (QED) is 0.553. The van der Waals surface area contributed by atoms with E-state index in [2.05, 4.69) is 6.58 Å². The van der Waals surface area contributed by atoms with Gasteiger partial charge in [-0.05, 0) is 56.7 Å². The number of aryl methyl sites for hydroxylation is 2. The standard InChI is InChI=1S/C22H25ClFN3O3S2/c1-2-11-27(22-25-19-5-3-4-6-20(19)31-22)21(28)15-9-12-26(13-10-15)32(29,30)16-7-8-18(24)17(23)14-16/h2,7-8,14-15H,1,3-6,9-13H2. The normalized spacial score (nSPS) is 17.7. The van der Waals surface area contributed by atoms with Gasteiger partial charge in [-0.2, -0.15) is 4.31 Å². The molecule has 0 atom stereocenters. The van der Waals surface area contributed by atoms with Crippen LogP contribution in [0, 0.1) is 11.7 Å². The van der Waals surface area contributed by atoms with Crippen LogP contribution in [0.4, 0.5) is 9.52 Å². The number of hydrogen-bond donors (Lipinski definition) is 0. The second-order valence-corrected chi connectivity index (χ2v) is 11.5. The Bertz CT molecular complexity index is 1100. The first-order valence-corrected chi connectivity index (χ1v) is 13.3. The first-order chi connectivity index (χ1) is 15.3. The van der Waals surface area contributed by atoms with Crippen molar-refractivity contribution in [3.63, 3.8) is 0 Å². The van der Waals surface area contributed by atoms with Gasteiger partial charge in [0.15, 0.2) is 5.13 Å². The summed E-state index contributed by atoms with van der Waals surface area (Å²) in [5, 5.41) is 0.472. The average Bonchev–Trinajstić information content (AvgIpc) is 3.22. The predicted molar refractivity (Wildman–Crippen MR) is 124 cm³/mol. The number of carbonyl (C=O) groups excluding carboxylic acids is 1. The zero-order valence-electron chi connectivity index (χ0n) is 17.6. The van der Waals surface area contributed by atoms with Crippen LogP contribution in [0.25, 0.3) is 0 Å². The summed E-state index contributed by atoms with van der Waals surface area (Å²) < 4.78 is 40.6. The predicted octanol–water partition coefficient (Wildman–Crippen LogP) is 4.43. The number of amides is 1. The molecule has 2 heterocycles. The van der Waals surface area contributed by atoms with E-state index in [1.165, 1.54) is 15.2 Å². The summed E-state index contributed by atoms with van der Waals surface area (Å²) in [6.07, 6.45) is 6.74. The van der Waals surface area contributed by atoms with Gasteiger partial charge in [0.2, 0.25) is 15.9 Å². The van der Waals surface area contributed by atoms with Gasteiger partial charge >= 0.3 is 0 Å². The van der Waals surface area contributed by atoms with Gasteiger partial charge in [-0.15, -0.1) is 17.9 Å². The monoisotopic (exact) mass is 497 g/mol. The first kappa shape index (κ1) is 23.4. The maximum atomic E-state index is 13.4. The third-order valence-electron chi connectivity index (χ3n) is 5.97. The maximum Gasteiger partial charge on any atom is 0.243 e. The Hall–Kier alpha value is -1.81. The van der Waals surface area contributed by atoms with E-state index in [1.807, 2.05) is 0 Å². The van der Waals surface area contributed by atoms with Crippen molar-refractivity contribution in [2.45, 2.75) is 43.4 Å². The summed E-state index contributed by atoms with van der Waals surface area (Å²) in [6.45, 7) is 4.58. The molecule has 1 aliphatic carbocycles. The summed E-state index contributed by atoms with van der Waals surface area (Å²) in [4.78, 5) is 20.9. The van der Waals surface area contributed by atoms with Crippen LogP contribution in [0.15, 0.2) is 35.7 Å². The molecule has 1 saturated heterocycles. The molecule has 1 aliphatic heterocycles. The number of sulfonamides is 1. The molecule has 172 valence electrons. The van der Waals surface area contributed by atoms with E-state index in [1.54, 1.807) is 22.3 Å². The molecule has 1 aromatic heterocycles. The molecule has 0 N–H and O–H groups in total. The zero-order valence-corrected chi connectivity index (χ0v) is 20.0. The van der Waals surface area contributed by atoms with E-state index in [0.717, 1.165) is 43.5 Å². The minimum absolute atomic E-state index is 0.0436. The smallest absolute Gasteiger partial charge is 0.243 e. The molecular weight excluding hydrogens is 473 g/mol. The molecular formula is C22H25ClFN3O3S2. The van der Waals surface area contributed by atoms with Gasteiger partial charge in [0.25, 0.3) is 0 Å². The van der Waals surface area contributed by atoms with Crippen LogP contribution >= 0.6 is 22.9 Å². The Balaban J connectivity index is 1.46. The van der Waals surface area contributed by atoms with Crippen molar-refractivity contribution in [2.75, 3.05) is 24.5 Å². The fourth-order valence-corrected chi connectivity index (χ4v) is 7.10. The SMILES string of the molecule is C=CCN(C(=O)C1CCN(S(=O)(=O)c2ccc(F)c(Cl)c2)CC1)c1nc2c(s1)CCCC2. The summed E-state index contributed by atoms with van der Waals surface area (Å²) in [6, 6.07) is 3.38. The lowest BCUT2D eigenvalue weighted by Gasteiger charge is -2.32. The van der Waals surface area contributed by atoms with E-state index < -0.39 is 15.8 Å². The lowest BCUT2D eigenvalue weighted by Crippen LogP contribution is -2.44. The number of anilines is 1. The minimum Gasteiger partial charge on any atom is -0.284 e. The van der Waals surface area contributed by atoms with Crippen molar-refractivity contribution in [1.29, 1.82) is 0 Å². The van der Waals surface area contributed by atoms with Gasteiger partial charge in [0.05, 0.1) is 15.6 Å². The molecule has 0 bridgehead atoms. The first-order valence-electron chi connectivity index (χ1n) is 10.7. The van der Waals surface area contributed by atoms with Crippen molar-refractivity contribution in [1.82, 2.24) is 9.29 Å². The largest absolute Gasteiger partial charge is 0.284 e. The number of thiazole rings is 1. The van der Waals surface area contributed by atoms with Crippen molar-refractivity contribution in [2.24, 2.45) is 5.92 Å². The Labute approximate surface area is 196 Å². The molecule has 0 unspecified atom stereocenters. The Morgan fingerprint density at radius 1 is 1.31 bits per heavy atom. The lowest BCUT2D eigenvalue weighted by molar-refractivity contribution is -0.123. The highest BCUT2D eigenvalue weighted by Crippen LogP contribution is 2.34. The minimum atomic E-state index is -3.80. The van der Waals surface area contributed by atoms with Gasteiger partial charge in [-0.25, -0.2) is 17.8 Å². The Morgan fingerprint density at radius 2 is 2.03 bits per heavy atom. The molecule has 0 spiro atoms. The Kier molecular flexibility index (Phi) is 7.00. The van der Waals surface area contributed by atoms with Gasteiger partial charge in [-0.1, -0.05) is 17.7 Å². The van der Waals surface area contributed by atoms with Gasteiger partial charge in [0, 0.05) is 30.4 Å². The number of rotatable bonds is 6. The van der Waals surface area contributed by atoms with E-state index in [9.17, 15) is 17.6 Å². The molecule has 0 radical (unpaired) electrons. The van der Waals surface area contributed by atoms with Crippen LogP contribution < -0.4 is 4.90 Å². The number of piperidine rings is 1. The average molecular weight is 498 g/mol. The number of halogens is 2. The number of fused-ring (bicyclic) bond motifs is 1. The number of nitrogens with zero attached hydrogens (tertiary/aromatic N) is 3. The molecule has 32 heavy (non-hydrogen) atoms. The van der Waals surface area contributed by atoms with Crippen LogP contribution in [0.3, 0.4) is 0 Å². The van der Waals surface area contributed by atoms with Crippen molar-refractivity contribution < 1.29 is 17.6 Å². The highest BCUT2D eigenvalue weighted by molar-refractivity contribution is 7.89. The molecule has 6 nitrogen and oxygen atoms in total. The topological polar surface area (TPSA) is 70.6 Å². The third kappa shape index (κ3) is 4.62. The fraction of sp³-hybridized carbons (Fsp3) is 0.455. The summed E-state index contributed by atoms with van der Waals surface area (Å²) in [5.41, 5.74) is 1.09. The van der Waals surface area contributed by atoms with Crippen LogP contribution in [-0.4, -0.2) is 43.2 Å². The number of carbonyl (C=O) groups is 1. The molecule has 0 saturated carbocycles. The van der Waals surface area contributed by atoms with Crippen molar-refractivity contribution in [3.05, 3.63) is 52.3 Å². The molecule has 1 fully saturated rings. The second-order valence-electron chi connectivity index (χ2n) is 8.07. The molecule has 4 rings (SSSR count). The molecule has 10 heteroatoms. The highest BCUT2D eigenvalue weighted by atomic mass is 35.5. The highest BCUT2D eigenvalue weighted by Gasteiger charge is 2.35. The summed E-state index contributed by atoms with van der Waals surface area (Å²) >= 11 is 7.34. The van der Waals surface area contributed by atoms with E-state index in [-0.39, 0.29) is 34.8 Å². The van der Waals surface area contributed by atoms with Gasteiger partial charge in [0.1, 0.15) is 5.82 Å². The third-order valence-corrected chi connectivity index (χ3v) is 9.34. The van der Waals surface area contributed by atoms with Crippen molar-refractivity contribution >= 4 is 44.0 Å². The van der Waals surface area contributed by atoms with Crippen LogP contribution in [-0.2, 0) is 27.7 Å². The van der Waals surface area contributed by atoms with Gasteiger partial charge in [-0.3, -0.25) is 9.69 Å². The van der Waals surface area contributed by atoms with Crippen LogP contribution in [0.5, 0.6) is 0 Å². The number of aromatic nitrogens is 1. The number of hydrogen-bond acceptors (Lipinski definition) is 5. The lowest BCUT2D eigenvalue weighted by atomic mass is 9.96. The molecule has 1 amide bonds. The van der Waals surface area contributed by atoms with Gasteiger partial charge < -0.3 is 0 Å². The van der Waals surface area contributed by atoms with E-state index in [0.29, 0.717) is 24.5 Å². The summed E-state index contributed by atoms with van der Waals surface area (Å²) in [7, 11) is -3.80. The molecule has 1 aromatic carbocycles. The molecule has 2 aromatic rings. The van der Waals surface area contributed by atoms with E-state index >= 15 is 0 Å². The molecule has 2 aliphatic rings. The Morgan fingerprint density at radius 3 is 2.69 bits per heavy atom.